The normalized spacial score (nSPS) is 12.8. The maximum absolute atomic E-state index is 5.67. The first-order valence-corrected chi connectivity index (χ1v) is 9.05. The molecule has 116 valence electrons. The summed E-state index contributed by atoms with van der Waals surface area (Å²) >= 11 is 3.38. The second-order valence-electron chi connectivity index (χ2n) is 5.52. The van der Waals surface area contributed by atoms with E-state index < -0.39 is 0 Å². The highest BCUT2D eigenvalue weighted by Crippen LogP contribution is 2.24. The van der Waals surface area contributed by atoms with Crippen molar-refractivity contribution in [3.8, 4) is 0 Å². The van der Waals surface area contributed by atoms with Gasteiger partial charge in [0.25, 0.3) is 0 Å². The van der Waals surface area contributed by atoms with Gasteiger partial charge in [-0.15, -0.1) is 0 Å². The smallest absolute Gasteiger partial charge is 0.169 e. The number of rotatable bonds is 12. The van der Waals surface area contributed by atoms with Gasteiger partial charge in [0.1, 0.15) is 5.76 Å². The van der Waals surface area contributed by atoms with Gasteiger partial charge in [-0.3, -0.25) is 0 Å². The van der Waals surface area contributed by atoms with Crippen LogP contribution in [0.1, 0.15) is 83.4 Å². The third-order valence-electron chi connectivity index (χ3n) is 3.73. The molecule has 0 bridgehead atoms. The van der Waals surface area contributed by atoms with E-state index >= 15 is 0 Å². The summed E-state index contributed by atoms with van der Waals surface area (Å²) in [6.45, 7) is 5.41. The lowest BCUT2D eigenvalue weighted by molar-refractivity contribution is 0.380. The molecular weight excluding hydrogens is 314 g/mol. The highest BCUT2D eigenvalue weighted by atomic mass is 79.9. The molecule has 1 rings (SSSR count). The Balaban J connectivity index is 2.14. The molecule has 0 saturated carbocycles. The fourth-order valence-corrected chi connectivity index (χ4v) is 2.91. The minimum Gasteiger partial charge on any atom is -0.453 e. The number of halogens is 1. The molecule has 1 aromatic rings. The van der Waals surface area contributed by atoms with Crippen molar-refractivity contribution in [2.24, 2.45) is 0 Å². The Labute approximate surface area is 132 Å². The first kappa shape index (κ1) is 17.8. The molecular formula is C17H30BrNO. The summed E-state index contributed by atoms with van der Waals surface area (Å²) in [6.07, 6.45) is 12.1. The van der Waals surface area contributed by atoms with Gasteiger partial charge >= 0.3 is 0 Å². The van der Waals surface area contributed by atoms with E-state index in [1.807, 2.05) is 6.07 Å². The molecule has 3 heteroatoms. The fourth-order valence-electron chi connectivity index (χ4n) is 2.59. The molecule has 1 N–H and O–H groups in total. The van der Waals surface area contributed by atoms with Crippen LogP contribution in [-0.4, -0.2) is 6.54 Å². The van der Waals surface area contributed by atoms with Crippen molar-refractivity contribution >= 4 is 15.9 Å². The molecule has 0 amide bonds. The van der Waals surface area contributed by atoms with E-state index in [4.69, 9.17) is 4.42 Å². The molecule has 1 aromatic heterocycles. The van der Waals surface area contributed by atoms with Crippen LogP contribution in [-0.2, 0) is 0 Å². The van der Waals surface area contributed by atoms with Gasteiger partial charge in [-0.1, -0.05) is 65.2 Å². The maximum atomic E-state index is 5.67. The van der Waals surface area contributed by atoms with E-state index in [0.717, 1.165) is 17.0 Å². The molecule has 0 aliphatic heterocycles. The summed E-state index contributed by atoms with van der Waals surface area (Å²) in [5.74, 6) is 1.06. The van der Waals surface area contributed by atoms with Crippen LogP contribution in [0.4, 0.5) is 0 Å². The Morgan fingerprint density at radius 1 is 1.00 bits per heavy atom. The highest BCUT2D eigenvalue weighted by Gasteiger charge is 2.13. The number of furan rings is 1. The molecule has 2 nitrogen and oxygen atoms in total. The van der Waals surface area contributed by atoms with Gasteiger partial charge in [0.05, 0.1) is 6.04 Å². The van der Waals surface area contributed by atoms with E-state index in [1.165, 1.54) is 57.8 Å². The zero-order chi connectivity index (χ0) is 14.6. The predicted octanol–water partition coefficient (Wildman–Crippen LogP) is 6.22. The van der Waals surface area contributed by atoms with Crippen LogP contribution in [0, 0.1) is 0 Å². The molecule has 20 heavy (non-hydrogen) atoms. The zero-order valence-electron chi connectivity index (χ0n) is 13.1. The summed E-state index contributed by atoms with van der Waals surface area (Å²) < 4.78 is 6.50. The van der Waals surface area contributed by atoms with E-state index in [2.05, 4.69) is 41.2 Å². The first-order chi connectivity index (χ1) is 9.77. The lowest BCUT2D eigenvalue weighted by atomic mass is 10.0. The lowest BCUT2D eigenvalue weighted by Crippen LogP contribution is -2.20. The minimum atomic E-state index is 0.367. The van der Waals surface area contributed by atoms with Crippen LogP contribution < -0.4 is 5.32 Å². The number of hydrogen-bond acceptors (Lipinski definition) is 2. The molecule has 0 aliphatic carbocycles. The van der Waals surface area contributed by atoms with Gasteiger partial charge in [-0.25, -0.2) is 0 Å². The summed E-state index contributed by atoms with van der Waals surface area (Å²) in [6, 6.07) is 4.42. The van der Waals surface area contributed by atoms with Gasteiger partial charge in [-0.2, -0.15) is 0 Å². The van der Waals surface area contributed by atoms with E-state index in [0.29, 0.717) is 6.04 Å². The third kappa shape index (κ3) is 7.49. The number of hydrogen-bond donors (Lipinski definition) is 1. The van der Waals surface area contributed by atoms with Gasteiger partial charge in [0, 0.05) is 0 Å². The molecule has 1 atom stereocenters. The highest BCUT2D eigenvalue weighted by molar-refractivity contribution is 9.10. The van der Waals surface area contributed by atoms with E-state index in [1.54, 1.807) is 0 Å². The van der Waals surface area contributed by atoms with Gasteiger partial charge in [0.15, 0.2) is 4.67 Å². The first-order valence-electron chi connectivity index (χ1n) is 8.26. The summed E-state index contributed by atoms with van der Waals surface area (Å²) in [5, 5.41) is 3.52. The van der Waals surface area contributed by atoms with Crippen molar-refractivity contribution in [2.45, 2.75) is 77.7 Å². The van der Waals surface area contributed by atoms with Crippen molar-refractivity contribution in [1.29, 1.82) is 0 Å². The van der Waals surface area contributed by atoms with E-state index in [-0.39, 0.29) is 0 Å². The standard InChI is InChI=1S/C17H30BrNO/c1-3-5-6-7-8-9-10-11-12-15(19-4-2)16-13-14-17(18)20-16/h13-15,19H,3-12H2,1-2H3. The average molecular weight is 344 g/mol. The third-order valence-corrected chi connectivity index (χ3v) is 4.16. The topological polar surface area (TPSA) is 25.2 Å². The Morgan fingerprint density at radius 2 is 1.65 bits per heavy atom. The van der Waals surface area contributed by atoms with Crippen molar-refractivity contribution in [3.05, 3.63) is 22.6 Å². The van der Waals surface area contributed by atoms with Gasteiger partial charge in [-0.05, 0) is 41.0 Å². The average Bonchev–Trinajstić information content (AvgIpc) is 2.87. The van der Waals surface area contributed by atoms with E-state index in [9.17, 15) is 0 Å². The SMILES string of the molecule is CCCCCCCCCCC(NCC)c1ccc(Br)o1. The number of nitrogens with one attached hydrogen (secondary N) is 1. The minimum absolute atomic E-state index is 0.367. The maximum Gasteiger partial charge on any atom is 0.169 e. The summed E-state index contributed by atoms with van der Waals surface area (Å²) in [7, 11) is 0. The predicted molar refractivity (Wildman–Crippen MR) is 90.1 cm³/mol. The molecule has 0 spiro atoms. The lowest BCUT2D eigenvalue weighted by Gasteiger charge is -2.15. The number of unbranched alkanes of at least 4 members (excludes halogenated alkanes) is 7. The largest absolute Gasteiger partial charge is 0.453 e. The summed E-state index contributed by atoms with van der Waals surface area (Å²) in [5.41, 5.74) is 0. The van der Waals surface area contributed by atoms with Crippen LogP contribution in [0.25, 0.3) is 0 Å². The van der Waals surface area contributed by atoms with Crippen molar-refractivity contribution in [2.75, 3.05) is 6.54 Å². The second kappa shape index (κ2) is 11.4. The molecule has 0 fully saturated rings. The Hall–Kier alpha value is -0.280. The van der Waals surface area contributed by atoms with Gasteiger partial charge < -0.3 is 9.73 Å². The second-order valence-corrected chi connectivity index (χ2v) is 6.30. The van der Waals surface area contributed by atoms with Crippen LogP contribution in [0.5, 0.6) is 0 Å². The molecule has 0 aliphatic rings. The van der Waals surface area contributed by atoms with Crippen LogP contribution >= 0.6 is 15.9 Å². The van der Waals surface area contributed by atoms with Crippen LogP contribution in [0.2, 0.25) is 0 Å². The quantitative estimate of drug-likeness (QED) is 0.455. The monoisotopic (exact) mass is 343 g/mol. The molecule has 1 unspecified atom stereocenters. The Kier molecular flexibility index (Phi) is 10.1. The van der Waals surface area contributed by atoms with Gasteiger partial charge in [0.2, 0.25) is 0 Å². The molecule has 0 saturated heterocycles. The summed E-state index contributed by atoms with van der Waals surface area (Å²) in [4.78, 5) is 0. The van der Waals surface area contributed by atoms with Crippen molar-refractivity contribution in [3.63, 3.8) is 0 Å². The van der Waals surface area contributed by atoms with Crippen molar-refractivity contribution < 1.29 is 4.42 Å². The Morgan fingerprint density at radius 3 is 2.20 bits per heavy atom. The Bertz CT molecular complexity index is 337. The fraction of sp³-hybridized carbons (Fsp3) is 0.765. The van der Waals surface area contributed by atoms with Crippen LogP contribution in [0.3, 0.4) is 0 Å². The molecule has 1 heterocycles. The zero-order valence-corrected chi connectivity index (χ0v) is 14.7. The molecule has 0 radical (unpaired) electrons. The van der Waals surface area contributed by atoms with Crippen molar-refractivity contribution in [1.82, 2.24) is 5.32 Å². The van der Waals surface area contributed by atoms with Crippen LogP contribution in [0.15, 0.2) is 21.2 Å². The molecule has 0 aromatic carbocycles.